The molecule has 1 aliphatic heterocycles. The predicted molar refractivity (Wildman–Crippen MR) is 91.8 cm³/mol. The van der Waals surface area contributed by atoms with Gasteiger partial charge in [-0.1, -0.05) is 18.2 Å². The molecule has 0 N–H and O–H groups in total. The van der Waals surface area contributed by atoms with Crippen molar-refractivity contribution >= 4 is 27.8 Å². The number of imidazole rings is 1. The number of rotatable bonds is 3. The van der Waals surface area contributed by atoms with Gasteiger partial charge < -0.3 is 14.2 Å². The third-order valence-electron chi connectivity index (χ3n) is 4.58. The number of hydrogen-bond donors (Lipinski definition) is 0. The lowest BCUT2D eigenvalue weighted by Gasteiger charge is -2.27. The summed E-state index contributed by atoms with van der Waals surface area (Å²) in [4.78, 5) is 23.4. The van der Waals surface area contributed by atoms with E-state index >= 15 is 0 Å². The highest BCUT2D eigenvalue weighted by molar-refractivity contribution is 6.02. The van der Waals surface area contributed by atoms with E-state index in [1.807, 2.05) is 36.2 Å². The number of carbonyl (C=O) groups excluding carboxylic acids is 1. The van der Waals surface area contributed by atoms with Gasteiger partial charge in [0.25, 0.3) is 0 Å². The van der Waals surface area contributed by atoms with Crippen LogP contribution in [0, 0.1) is 6.92 Å². The Kier molecular flexibility index (Phi) is 3.90. The number of morpholine rings is 1. The fourth-order valence-corrected chi connectivity index (χ4v) is 3.33. The Morgan fingerprint density at radius 1 is 1.21 bits per heavy atom. The normalized spacial score (nSPS) is 15.3. The van der Waals surface area contributed by atoms with Crippen LogP contribution >= 0.6 is 0 Å². The van der Waals surface area contributed by atoms with E-state index in [1.54, 1.807) is 0 Å². The van der Waals surface area contributed by atoms with Crippen molar-refractivity contribution in [1.29, 1.82) is 0 Å². The maximum Gasteiger partial charge on any atom is 0.224 e. The number of benzene rings is 1. The number of para-hydroxylation sites is 1. The summed E-state index contributed by atoms with van der Waals surface area (Å²) in [6.45, 7) is 5.26. The molecule has 0 atom stereocenters. The zero-order chi connectivity index (χ0) is 16.5. The van der Waals surface area contributed by atoms with Gasteiger partial charge in [-0.15, -0.1) is 0 Å². The number of pyridine rings is 1. The van der Waals surface area contributed by atoms with Crippen LogP contribution in [0.1, 0.15) is 12.2 Å². The molecule has 2 aromatic heterocycles. The molecule has 1 amide bonds. The van der Waals surface area contributed by atoms with E-state index in [0.29, 0.717) is 39.3 Å². The first kappa shape index (κ1) is 15.1. The number of aromatic nitrogens is 3. The third kappa shape index (κ3) is 2.63. The van der Waals surface area contributed by atoms with Gasteiger partial charge in [-0.05, 0) is 13.0 Å². The number of amides is 1. The van der Waals surface area contributed by atoms with Gasteiger partial charge in [0.15, 0.2) is 0 Å². The van der Waals surface area contributed by atoms with Crippen LogP contribution in [0.2, 0.25) is 0 Å². The van der Waals surface area contributed by atoms with Crippen molar-refractivity contribution in [1.82, 2.24) is 19.4 Å². The first-order valence-electron chi connectivity index (χ1n) is 8.30. The fraction of sp³-hybridized carbons (Fsp3) is 0.389. The van der Waals surface area contributed by atoms with Gasteiger partial charge >= 0.3 is 0 Å². The van der Waals surface area contributed by atoms with Gasteiger partial charge in [-0.25, -0.2) is 4.98 Å². The van der Waals surface area contributed by atoms with E-state index in [-0.39, 0.29) is 5.91 Å². The SMILES string of the molecule is Cc1nc2cnc3ccccc3c2n1CCC(=O)N1CCOCC1. The topological polar surface area (TPSA) is 60.2 Å². The summed E-state index contributed by atoms with van der Waals surface area (Å²) in [5.74, 6) is 1.09. The third-order valence-corrected chi connectivity index (χ3v) is 4.58. The van der Waals surface area contributed by atoms with Crippen LogP contribution in [0.5, 0.6) is 0 Å². The first-order chi connectivity index (χ1) is 11.7. The molecule has 1 saturated heterocycles. The van der Waals surface area contributed by atoms with Crippen LogP contribution in [-0.4, -0.2) is 51.6 Å². The summed E-state index contributed by atoms with van der Waals surface area (Å²) >= 11 is 0. The quantitative estimate of drug-likeness (QED) is 0.740. The lowest BCUT2D eigenvalue weighted by molar-refractivity contribution is -0.135. The van der Waals surface area contributed by atoms with Gasteiger partial charge in [0, 0.05) is 31.4 Å². The lowest BCUT2D eigenvalue weighted by Crippen LogP contribution is -2.41. The molecule has 0 radical (unpaired) electrons. The number of carbonyl (C=O) groups is 1. The van der Waals surface area contributed by atoms with Gasteiger partial charge in [0.1, 0.15) is 11.3 Å². The first-order valence-corrected chi connectivity index (χ1v) is 8.30. The standard InChI is InChI=1S/C18H20N4O2/c1-13-20-16-12-19-15-5-3-2-4-14(15)18(16)22(13)7-6-17(23)21-8-10-24-11-9-21/h2-5,12H,6-11H2,1H3. The highest BCUT2D eigenvalue weighted by atomic mass is 16.5. The Hall–Kier alpha value is -2.47. The molecule has 4 rings (SSSR count). The molecule has 0 bridgehead atoms. The van der Waals surface area contributed by atoms with Crippen molar-refractivity contribution in [2.24, 2.45) is 0 Å². The molecule has 0 unspecified atom stereocenters. The van der Waals surface area contributed by atoms with Crippen LogP contribution in [-0.2, 0) is 16.1 Å². The van der Waals surface area contributed by atoms with Crippen molar-refractivity contribution in [3.63, 3.8) is 0 Å². The van der Waals surface area contributed by atoms with E-state index in [4.69, 9.17) is 4.74 Å². The van der Waals surface area contributed by atoms with E-state index in [0.717, 1.165) is 27.8 Å². The molecule has 24 heavy (non-hydrogen) atoms. The summed E-state index contributed by atoms with van der Waals surface area (Å²) in [6, 6.07) is 8.05. The van der Waals surface area contributed by atoms with E-state index in [1.165, 1.54) is 0 Å². The van der Waals surface area contributed by atoms with Gasteiger partial charge in [-0.2, -0.15) is 0 Å². The van der Waals surface area contributed by atoms with E-state index in [2.05, 4.69) is 20.6 Å². The Balaban J connectivity index is 1.65. The van der Waals surface area contributed by atoms with Gasteiger partial charge in [0.05, 0.1) is 30.4 Å². The molecule has 1 fully saturated rings. The van der Waals surface area contributed by atoms with E-state index in [9.17, 15) is 4.79 Å². The van der Waals surface area contributed by atoms with Crippen LogP contribution in [0.25, 0.3) is 21.9 Å². The lowest BCUT2D eigenvalue weighted by atomic mass is 10.2. The maximum absolute atomic E-state index is 12.4. The van der Waals surface area contributed by atoms with E-state index < -0.39 is 0 Å². The van der Waals surface area contributed by atoms with Crippen LogP contribution in [0.3, 0.4) is 0 Å². The Labute approximate surface area is 140 Å². The molecule has 6 heteroatoms. The minimum absolute atomic E-state index is 0.179. The fourth-order valence-electron chi connectivity index (χ4n) is 3.33. The van der Waals surface area contributed by atoms with Crippen molar-refractivity contribution in [2.75, 3.05) is 26.3 Å². The zero-order valence-corrected chi connectivity index (χ0v) is 13.7. The van der Waals surface area contributed by atoms with Crippen LogP contribution < -0.4 is 0 Å². The molecule has 6 nitrogen and oxygen atoms in total. The largest absolute Gasteiger partial charge is 0.378 e. The minimum atomic E-state index is 0.179. The second-order valence-corrected chi connectivity index (χ2v) is 6.06. The zero-order valence-electron chi connectivity index (χ0n) is 13.7. The summed E-state index contributed by atoms with van der Waals surface area (Å²) in [5.41, 5.74) is 2.89. The molecule has 124 valence electrons. The van der Waals surface area contributed by atoms with Gasteiger partial charge in [-0.3, -0.25) is 9.78 Å². The Morgan fingerprint density at radius 3 is 2.83 bits per heavy atom. The molecule has 0 saturated carbocycles. The summed E-state index contributed by atoms with van der Waals surface area (Å²) in [7, 11) is 0. The molecule has 1 aliphatic rings. The molecule has 3 heterocycles. The van der Waals surface area contributed by atoms with Crippen LogP contribution in [0.4, 0.5) is 0 Å². The van der Waals surface area contributed by atoms with Crippen molar-refractivity contribution in [3.8, 4) is 0 Å². The van der Waals surface area contributed by atoms with Crippen molar-refractivity contribution < 1.29 is 9.53 Å². The second-order valence-electron chi connectivity index (χ2n) is 6.06. The average molecular weight is 324 g/mol. The predicted octanol–water partition coefficient (Wildman–Crippen LogP) is 2.14. The van der Waals surface area contributed by atoms with Gasteiger partial charge in [0.2, 0.25) is 5.91 Å². The smallest absolute Gasteiger partial charge is 0.224 e. The molecule has 0 aliphatic carbocycles. The molecule has 1 aromatic carbocycles. The monoisotopic (exact) mass is 324 g/mol. The Morgan fingerprint density at radius 2 is 2.00 bits per heavy atom. The number of hydrogen-bond acceptors (Lipinski definition) is 4. The van der Waals surface area contributed by atoms with Crippen molar-refractivity contribution in [2.45, 2.75) is 19.9 Å². The Bertz CT molecular complexity index is 897. The highest BCUT2D eigenvalue weighted by Crippen LogP contribution is 2.24. The molecular formula is C18H20N4O2. The number of ether oxygens (including phenoxy) is 1. The second kappa shape index (κ2) is 6.20. The number of nitrogens with zero attached hydrogens (tertiary/aromatic N) is 4. The van der Waals surface area contributed by atoms with Crippen LogP contribution in [0.15, 0.2) is 30.5 Å². The maximum atomic E-state index is 12.4. The number of fused-ring (bicyclic) bond motifs is 3. The summed E-state index contributed by atoms with van der Waals surface area (Å²) < 4.78 is 7.45. The summed E-state index contributed by atoms with van der Waals surface area (Å²) in [5, 5.41) is 1.08. The highest BCUT2D eigenvalue weighted by Gasteiger charge is 2.18. The molecule has 3 aromatic rings. The molecular weight excluding hydrogens is 304 g/mol. The molecule has 0 spiro atoms. The number of aryl methyl sites for hydroxylation is 2. The average Bonchev–Trinajstić information content (AvgIpc) is 2.96. The summed E-state index contributed by atoms with van der Waals surface area (Å²) in [6.07, 6.45) is 2.29. The minimum Gasteiger partial charge on any atom is -0.378 e. The van der Waals surface area contributed by atoms with Crippen molar-refractivity contribution in [3.05, 3.63) is 36.3 Å².